The highest BCUT2D eigenvalue weighted by molar-refractivity contribution is 7.15. The molecule has 1 amide bonds. The Morgan fingerprint density at radius 2 is 1.96 bits per heavy atom. The van der Waals surface area contributed by atoms with Gasteiger partial charge in [0, 0.05) is 0 Å². The smallest absolute Gasteiger partial charge is 0.345 e. The molecule has 1 aromatic carbocycles. The van der Waals surface area contributed by atoms with Crippen LogP contribution in [0.3, 0.4) is 0 Å². The maximum Gasteiger partial charge on any atom is 0.345 e. The summed E-state index contributed by atoms with van der Waals surface area (Å²) in [6.45, 7) is 1.25. The van der Waals surface area contributed by atoms with Gasteiger partial charge in [0.25, 0.3) is 5.91 Å². The number of ether oxygens (including phenoxy) is 1. The molecule has 0 bridgehead atoms. The molecule has 0 fully saturated rings. The molecule has 0 atom stereocenters. The number of nitrogens with zero attached hydrogens (tertiary/aromatic N) is 1. The highest BCUT2D eigenvalue weighted by atomic mass is 32.1. The highest BCUT2D eigenvalue weighted by Crippen LogP contribution is 2.17. The summed E-state index contributed by atoms with van der Waals surface area (Å²) < 4.78 is 18.4. The molecule has 120 valence electrons. The zero-order valence-corrected chi connectivity index (χ0v) is 12.9. The summed E-state index contributed by atoms with van der Waals surface area (Å²) in [4.78, 5) is 23.2. The molecule has 8 heteroatoms. The minimum Gasteiger partial charge on any atom is -0.481 e. The van der Waals surface area contributed by atoms with Crippen molar-refractivity contribution in [1.29, 1.82) is 0 Å². The number of benzene rings is 1. The third-order valence-electron chi connectivity index (χ3n) is 2.72. The first-order valence-electron chi connectivity index (χ1n) is 6.51. The second-order valence-electron chi connectivity index (χ2n) is 4.42. The maximum atomic E-state index is 13.3. The molecular formula is C15H13FN2O4S. The van der Waals surface area contributed by atoms with Crippen LogP contribution < -0.4 is 10.2 Å². The summed E-state index contributed by atoms with van der Waals surface area (Å²) in [7, 11) is 0. The SMILES string of the molecule is C/C(=N/NC(=O)COc1ccccc1F)c1ccc(C(=O)O)s1. The van der Waals surface area contributed by atoms with Crippen LogP contribution in [-0.4, -0.2) is 29.3 Å². The van der Waals surface area contributed by atoms with Gasteiger partial charge in [-0.1, -0.05) is 12.1 Å². The summed E-state index contributed by atoms with van der Waals surface area (Å²) in [6, 6.07) is 8.82. The molecular weight excluding hydrogens is 323 g/mol. The van der Waals surface area contributed by atoms with E-state index < -0.39 is 17.7 Å². The average molecular weight is 336 g/mol. The highest BCUT2D eigenvalue weighted by Gasteiger charge is 2.10. The fourth-order valence-corrected chi connectivity index (χ4v) is 2.38. The molecule has 0 aliphatic carbocycles. The Kier molecular flexibility index (Phi) is 5.42. The van der Waals surface area contributed by atoms with E-state index in [1.54, 1.807) is 19.1 Å². The van der Waals surface area contributed by atoms with Gasteiger partial charge in [0.2, 0.25) is 0 Å². The van der Waals surface area contributed by atoms with Gasteiger partial charge in [0.05, 0.1) is 10.6 Å². The Hall–Kier alpha value is -2.74. The second-order valence-corrected chi connectivity index (χ2v) is 5.50. The number of rotatable bonds is 6. The minimum absolute atomic E-state index is 0.0206. The summed E-state index contributed by atoms with van der Waals surface area (Å²) in [6.07, 6.45) is 0. The number of aromatic carboxylic acids is 1. The van der Waals surface area contributed by atoms with E-state index in [4.69, 9.17) is 9.84 Å². The van der Waals surface area contributed by atoms with Crippen LogP contribution in [0.1, 0.15) is 21.5 Å². The molecule has 6 nitrogen and oxygen atoms in total. The Bertz CT molecular complexity index is 757. The lowest BCUT2D eigenvalue weighted by Crippen LogP contribution is -2.25. The van der Waals surface area contributed by atoms with Crippen molar-refractivity contribution in [2.24, 2.45) is 5.10 Å². The van der Waals surface area contributed by atoms with Crippen LogP contribution >= 0.6 is 11.3 Å². The molecule has 0 radical (unpaired) electrons. The monoisotopic (exact) mass is 336 g/mol. The number of carboxylic acids is 1. The molecule has 1 heterocycles. The first-order chi connectivity index (χ1) is 11.0. The fraction of sp³-hybridized carbons (Fsp3) is 0.133. The standard InChI is InChI=1S/C15H13FN2O4S/c1-9(12-6-7-13(23-12)15(20)21)17-18-14(19)8-22-11-5-3-2-4-10(11)16/h2-7H,8H2,1H3,(H,18,19)(H,20,21)/b17-9-. The van der Waals surface area contributed by atoms with Crippen LogP contribution in [0, 0.1) is 5.82 Å². The fourth-order valence-electron chi connectivity index (χ4n) is 1.59. The van der Waals surface area contributed by atoms with Crippen LogP contribution in [-0.2, 0) is 4.79 Å². The zero-order chi connectivity index (χ0) is 16.8. The van der Waals surface area contributed by atoms with Crippen molar-refractivity contribution >= 4 is 28.9 Å². The predicted molar refractivity (Wildman–Crippen MR) is 83.5 cm³/mol. The lowest BCUT2D eigenvalue weighted by molar-refractivity contribution is -0.123. The van der Waals surface area contributed by atoms with Gasteiger partial charge in [0.1, 0.15) is 4.88 Å². The van der Waals surface area contributed by atoms with Crippen molar-refractivity contribution < 1.29 is 23.8 Å². The molecule has 2 aromatic rings. The van der Waals surface area contributed by atoms with Gasteiger partial charge in [-0.3, -0.25) is 4.79 Å². The maximum absolute atomic E-state index is 13.3. The van der Waals surface area contributed by atoms with Crippen LogP contribution in [0.25, 0.3) is 0 Å². The summed E-state index contributed by atoms with van der Waals surface area (Å²) in [5.74, 6) is -2.15. The summed E-state index contributed by atoms with van der Waals surface area (Å²) in [5, 5.41) is 12.7. The number of thiophene rings is 1. The van der Waals surface area contributed by atoms with Gasteiger partial charge >= 0.3 is 5.97 Å². The number of amides is 1. The molecule has 0 saturated carbocycles. The van der Waals surface area contributed by atoms with Crippen molar-refractivity contribution in [3.63, 3.8) is 0 Å². The normalized spacial score (nSPS) is 11.1. The van der Waals surface area contributed by atoms with E-state index in [0.29, 0.717) is 10.6 Å². The number of carboxylic acid groups (broad SMARTS) is 1. The predicted octanol–water partition coefficient (Wildman–Crippen LogP) is 2.50. The Labute approximate surface area is 135 Å². The molecule has 2 rings (SSSR count). The van der Waals surface area contributed by atoms with E-state index >= 15 is 0 Å². The first kappa shape index (κ1) is 16.6. The van der Waals surface area contributed by atoms with Crippen molar-refractivity contribution in [3.8, 4) is 5.75 Å². The molecule has 1 aromatic heterocycles. The van der Waals surface area contributed by atoms with E-state index in [2.05, 4.69) is 10.5 Å². The van der Waals surface area contributed by atoms with Crippen molar-refractivity contribution in [1.82, 2.24) is 5.43 Å². The number of para-hydroxylation sites is 1. The van der Waals surface area contributed by atoms with Crippen LogP contribution in [0.5, 0.6) is 5.75 Å². The number of halogens is 1. The van der Waals surface area contributed by atoms with Crippen LogP contribution in [0.2, 0.25) is 0 Å². The number of nitrogens with one attached hydrogen (secondary N) is 1. The molecule has 0 aliphatic rings. The van der Waals surface area contributed by atoms with E-state index in [1.165, 1.54) is 24.3 Å². The van der Waals surface area contributed by atoms with Crippen LogP contribution in [0.4, 0.5) is 4.39 Å². The lowest BCUT2D eigenvalue weighted by atomic mass is 10.3. The van der Waals surface area contributed by atoms with Crippen molar-refractivity contribution in [2.45, 2.75) is 6.92 Å². The van der Waals surface area contributed by atoms with Gasteiger partial charge in [-0.2, -0.15) is 5.10 Å². The van der Waals surface area contributed by atoms with Gasteiger partial charge in [-0.25, -0.2) is 14.6 Å². The van der Waals surface area contributed by atoms with E-state index in [-0.39, 0.29) is 17.2 Å². The molecule has 0 aliphatic heterocycles. The number of hydrazone groups is 1. The van der Waals surface area contributed by atoms with Gasteiger partial charge in [0.15, 0.2) is 18.2 Å². The molecule has 0 spiro atoms. The van der Waals surface area contributed by atoms with Gasteiger partial charge < -0.3 is 9.84 Å². The quantitative estimate of drug-likeness (QED) is 0.627. The van der Waals surface area contributed by atoms with E-state index in [0.717, 1.165) is 11.3 Å². The molecule has 0 unspecified atom stereocenters. The Balaban J connectivity index is 1.89. The number of hydrogen-bond donors (Lipinski definition) is 2. The number of carbonyl (C=O) groups is 2. The summed E-state index contributed by atoms with van der Waals surface area (Å²) in [5.41, 5.74) is 2.73. The van der Waals surface area contributed by atoms with Gasteiger partial charge in [-0.15, -0.1) is 11.3 Å². The molecule has 0 saturated heterocycles. The topological polar surface area (TPSA) is 88.0 Å². The molecule has 23 heavy (non-hydrogen) atoms. The Morgan fingerprint density at radius 1 is 1.26 bits per heavy atom. The van der Waals surface area contributed by atoms with Crippen molar-refractivity contribution in [3.05, 3.63) is 52.0 Å². The van der Waals surface area contributed by atoms with Crippen LogP contribution in [0.15, 0.2) is 41.5 Å². The van der Waals surface area contributed by atoms with E-state index in [9.17, 15) is 14.0 Å². The first-order valence-corrected chi connectivity index (χ1v) is 7.33. The number of carbonyl (C=O) groups excluding carboxylic acids is 1. The zero-order valence-electron chi connectivity index (χ0n) is 12.1. The molecule has 2 N–H and O–H groups in total. The third kappa shape index (κ3) is 4.62. The minimum atomic E-state index is -1.02. The largest absolute Gasteiger partial charge is 0.481 e. The summed E-state index contributed by atoms with van der Waals surface area (Å²) >= 11 is 1.05. The van der Waals surface area contributed by atoms with E-state index in [1.807, 2.05) is 0 Å². The Morgan fingerprint density at radius 3 is 2.61 bits per heavy atom. The third-order valence-corrected chi connectivity index (χ3v) is 3.90. The number of hydrogen-bond acceptors (Lipinski definition) is 5. The second kappa shape index (κ2) is 7.50. The average Bonchev–Trinajstić information content (AvgIpc) is 3.02. The van der Waals surface area contributed by atoms with Gasteiger partial charge in [-0.05, 0) is 31.2 Å². The lowest BCUT2D eigenvalue weighted by Gasteiger charge is -2.06. The van der Waals surface area contributed by atoms with Crippen molar-refractivity contribution in [2.75, 3.05) is 6.61 Å².